The molecule has 0 radical (unpaired) electrons. The van der Waals surface area contributed by atoms with Crippen LogP contribution in [-0.4, -0.2) is 18.4 Å². The number of rotatable bonds is 4. The van der Waals surface area contributed by atoms with E-state index in [4.69, 9.17) is 27.9 Å². The molecule has 3 aromatic rings. The number of esters is 1. The zero-order chi connectivity index (χ0) is 20.4. The molecule has 6 heteroatoms. The van der Waals surface area contributed by atoms with E-state index in [1.807, 2.05) is 42.5 Å². The van der Waals surface area contributed by atoms with Crippen molar-refractivity contribution in [3.05, 3.63) is 82.8 Å². The van der Waals surface area contributed by atoms with Crippen LogP contribution in [0.1, 0.15) is 6.42 Å². The van der Waals surface area contributed by atoms with Gasteiger partial charge in [0.05, 0.1) is 16.6 Å². The van der Waals surface area contributed by atoms with Gasteiger partial charge >= 0.3 is 5.97 Å². The molecule has 4 rings (SSSR count). The summed E-state index contributed by atoms with van der Waals surface area (Å²) in [6, 6.07) is 22.1. The Balaban J connectivity index is 1.44. The molecule has 0 saturated carbocycles. The van der Waals surface area contributed by atoms with Gasteiger partial charge in [0.25, 0.3) is 0 Å². The Labute approximate surface area is 178 Å². The summed E-state index contributed by atoms with van der Waals surface area (Å²) >= 11 is 12.2. The Kier molecular flexibility index (Phi) is 5.56. The molecule has 1 atom stereocenters. The summed E-state index contributed by atoms with van der Waals surface area (Å²) in [5.74, 6) is -0.741. The summed E-state index contributed by atoms with van der Waals surface area (Å²) in [7, 11) is 0. The van der Waals surface area contributed by atoms with Gasteiger partial charge in [0.1, 0.15) is 5.75 Å². The Bertz CT molecular complexity index is 1050. The number of carbonyl (C=O) groups is 2. The van der Waals surface area contributed by atoms with E-state index < -0.39 is 11.9 Å². The molecule has 1 heterocycles. The Morgan fingerprint density at radius 2 is 1.62 bits per heavy atom. The molecule has 4 nitrogen and oxygen atoms in total. The second-order valence-electron chi connectivity index (χ2n) is 6.81. The second-order valence-corrected chi connectivity index (χ2v) is 7.66. The highest BCUT2D eigenvalue weighted by atomic mass is 35.5. The van der Waals surface area contributed by atoms with Gasteiger partial charge in [0, 0.05) is 18.0 Å². The van der Waals surface area contributed by atoms with Crippen molar-refractivity contribution in [2.24, 2.45) is 5.92 Å². The lowest BCUT2D eigenvalue weighted by molar-refractivity contribution is -0.139. The smallest absolute Gasteiger partial charge is 0.316 e. The van der Waals surface area contributed by atoms with Crippen LogP contribution in [0.15, 0.2) is 72.8 Å². The van der Waals surface area contributed by atoms with Crippen LogP contribution in [0.25, 0.3) is 11.1 Å². The summed E-state index contributed by atoms with van der Waals surface area (Å²) < 4.78 is 5.50. The van der Waals surface area contributed by atoms with Crippen LogP contribution in [0.5, 0.6) is 5.75 Å². The number of hydrogen-bond donors (Lipinski definition) is 0. The zero-order valence-corrected chi connectivity index (χ0v) is 16.9. The molecular formula is C23H17Cl2NO3. The quantitative estimate of drug-likeness (QED) is 0.402. The van der Waals surface area contributed by atoms with E-state index >= 15 is 0 Å². The van der Waals surface area contributed by atoms with Crippen molar-refractivity contribution in [3.8, 4) is 16.9 Å². The van der Waals surface area contributed by atoms with Crippen LogP contribution in [0, 0.1) is 5.92 Å². The summed E-state index contributed by atoms with van der Waals surface area (Å²) in [4.78, 5) is 26.5. The zero-order valence-electron chi connectivity index (χ0n) is 15.3. The second kappa shape index (κ2) is 8.27. The number of benzene rings is 3. The SMILES string of the molecule is O=C(Oc1ccc(-c2ccccc2)cc1)[C@H]1CC(=O)N(c2cc(Cl)ccc2Cl)C1. The topological polar surface area (TPSA) is 46.6 Å². The van der Waals surface area contributed by atoms with Gasteiger partial charge in [0.15, 0.2) is 0 Å². The lowest BCUT2D eigenvalue weighted by Crippen LogP contribution is -2.27. The monoisotopic (exact) mass is 425 g/mol. The number of ether oxygens (including phenoxy) is 1. The molecule has 1 saturated heterocycles. The van der Waals surface area contributed by atoms with Crippen LogP contribution in [0.3, 0.4) is 0 Å². The highest BCUT2D eigenvalue weighted by Crippen LogP contribution is 2.34. The molecule has 29 heavy (non-hydrogen) atoms. The van der Waals surface area contributed by atoms with Crippen molar-refractivity contribution in [1.82, 2.24) is 0 Å². The molecule has 0 bridgehead atoms. The molecule has 1 fully saturated rings. The van der Waals surface area contributed by atoms with Crippen molar-refractivity contribution in [2.75, 3.05) is 11.4 Å². The minimum absolute atomic E-state index is 0.0732. The average Bonchev–Trinajstić information content (AvgIpc) is 3.13. The largest absolute Gasteiger partial charge is 0.426 e. The number of carbonyl (C=O) groups excluding carboxylic acids is 2. The van der Waals surface area contributed by atoms with Gasteiger partial charge in [-0.3, -0.25) is 9.59 Å². The van der Waals surface area contributed by atoms with Crippen molar-refractivity contribution in [1.29, 1.82) is 0 Å². The first kappa shape index (κ1) is 19.5. The van der Waals surface area contributed by atoms with Gasteiger partial charge in [0.2, 0.25) is 5.91 Å². The number of nitrogens with zero attached hydrogens (tertiary/aromatic N) is 1. The molecule has 3 aromatic carbocycles. The Morgan fingerprint density at radius 3 is 2.34 bits per heavy atom. The van der Waals surface area contributed by atoms with E-state index in [0.717, 1.165) is 11.1 Å². The molecular weight excluding hydrogens is 409 g/mol. The van der Waals surface area contributed by atoms with Gasteiger partial charge in [-0.25, -0.2) is 0 Å². The van der Waals surface area contributed by atoms with Gasteiger partial charge < -0.3 is 9.64 Å². The third-order valence-corrected chi connectivity index (χ3v) is 5.39. The van der Waals surface area contributed by atoms with Crippen molar-refractivity contribution in [2.45, 2.75) is 6.42 Å². The molecule has 1 aliphatic heterocycles. The van der Waals surface area contributed by atoms with Crippen molar-refractivity contribution in [3.63, 3.8) is 0 Å². The van der Waals surface area contributed by atoms with Crippen LogP contribution in [0.4, 0.5) is 5.69 Å². The summed E-state index contributed by atoms with van der Waals surface area (Å²) in [5, 5.41) is 0.884. The molecule has 0 N–H and O–H groups in total. The lowest BCUT2D eigenvalue weighted by Gasteiger charge is -2.18. The van der Waals surface area contributed by atoms with E-state index in [0.29, 0.717) is 21.5 Å². The van der Waals surface area contributed by atoms with E-state index in [-0.39, 0.29) is 18.9 Å². The van der Waals surface area contributed by atoms with Gasteiger partial charge in [-0.1, -0.05) is 65.7 Å². The van der Waals surface area contributed by atoms with Crippen molar-refractivity contribution >= 4 is 40.8 Å². The van der Waals surface area contributed by atoms with E-state index in [9.17, 15) is 9.59 Å². The first-order valence-electron chi connectivity index (χ1n) is 9.14. The number of amides is 1. The minimum Gasteiger partial charge on any atom is -0.426 e. The maximum Gasteiger partial charge on any atom is 0.316 e. The molecule has 0 aromatic heterocycles. The lowest BCUT2D eigenvalue weighted by atomic mass is 10.1. The fourth-order valence-electron chi connectivity index (χ4n) is 3.34. The third-order valence-electron chi connectivity index (χ3n) is 4.84. The average molecular weight is 426 g/mol. The Morgan fingerprint density at radius 1 is 0.931 bits per heavy atom. The van der Waals surface area contributed by atoms with Crippen LogP contribution >= 0.6 is 23.2 Å². The number of halogens is 2. The van der Waals surface area contributed by atoms with Crippen LogP contribution < -0.4 is 9.64 Å². The predicted octanol–water partition coefficient (Wildman–Crippen LogP) is 5.62. The normalized spacial score (nSPS) is 16.1. The number of anilines is 1. The summed E-state index contributed by atoms with van der Waals surface area (Å²) in [5.41, 5.74) is 2.62. The maximum atomic E-state index is 12.6. The van der Waals surface area contributed by atoms with E-state index in [1.165, 1.54) is 4.90 Å². The van der Waals surface area contributed by atoms with E-state index in [1.54, 1.807) is 30.3 Å². The van der Waals surface area contributed by atoms with Gasteiger partial charge in [-0.2, -0.15) is 0 Å². The maximum absolute atomic E-state index is 12.6. The minimum atomic E-state index is -0.564. The van der Waals surface area contributed by atoms with Gasteiger partial charge in [-0.05, 0) is 41.5 Å². The highest BCUT2D eigenvalue weighted by Gasteiger charge is 2.37. The molecule has 0 aliphatic carbocycles. The Hall–Kier alpha value is -2.82. The summed E-state index contributed by atoms with van der Waals surface area (Å²) in [6.07, 6.45) is 0.0732. The standard InChI is InChI=1S/C23H17Cl2NO3/c24-18-8-11-20(25)21(13-18)26-14-17(12-22(26)27)23(28)29-19-9-6-16(7-10-19)15-4-2-1-3-5-15/h1-11,13,17H,12,14H2/t17-/m0/s1. The fraction of sp³-hybridized carbons (Fsp3) is 0.130. The van der Waals surface area contributed by atoms with E-state index in [2.05, 4.69) is 0 Å². The molecule has 0 spiro atoms. The van der Waals surface area contributed by atoms with Crippen molar-refractivity contribution < 1.29 is 14.3 Å². The third kappa shape index (κ3) is 4.29. The molecule has 1 aliphatic rings. The van der Waals surface area contributed by atoms with Gasteiger partial charge in [-0.15, -0.1) is 0 Å². The number of hydrogen-bond acceptors (Lipinski definition) is 3. The first-order valence-corrected chi connectivity index (χ1v) is 9.89. The predicted molar refractivity (Wildman–Crippen MR) is 114 cm³/mol. The molecule has 1 amide bonds. The highest BCUT2D eigenvalue weighted by molar-refractivity contribution is 6.35. The molecule has 0 unspecified atom stereocenters. The first-order chi connectivity index (χ1) is 14.0. The fourth-order valence-corrected chi connectivity index (χ4v) is 3.72. The van der Waals surface area contributed by atoms with Crippen LogP contribution in [-0.2, 0) is 9.59 Å². The van der Waals surface area contributed by atoms with Crippen LogP contribution in [0.2, 0.25) is 10.0 Å². The molecule has 146 valence electrons. The summed E-state index contributed by atoms with van der Waals surface area (Å²) in [6.45, 7) is 0.208.